The van der Waals surface area contributed by atoms with Crippen molar-refractivity contribution in [2.45, 2.75) is 24.9 Å². The number of hydrogen-bond donors (Lipinski definition) is 1. The number of nitrogens with zero attached hydrogens (tertiary/aromatic N) is 2. The van der Waals surface area contributed by atoms with Gasteiger partial charge in [-0.3, -0.25) is 9.88 Å². The molecule has 0 amide bonds. The van der Waals surface area contributed by atoms with Crippen LogP contribution in [0, 0.1) is 0 Å². The minimum absolute atomic E-state index is 0.220. The summed E-state index contributed by atoms with van der Waals surface area (Å²) >= 11 is 0. The summed E-state index contributed by atoms with van der Waals surface area (Å²) in [5.74, 6) is 0. The Morgan fingerprint density at radius 3 is 2.62 bits per heavy atom. The van der Waals surface area contributed by atoms with E-state index < -0.39 is 0 Å². The molecule has 1 aromatic heterocycles. The molecule has 2 unspecified atom stereocenters. The maximum Gasteiger partial charge on any atom is 0.0776 e. The van der Waals surface area contributed by atoms with Gasteiger partial charge in [0.15, 0.2) is 0 Å². The molecule has 0 aliphatic carbocycles. The van der Waals surface area contributed by atoms with Crippen molar-refractivity contribution in [1.29, 1.82) is 0 Å². The highest BCUT2D eigenvalue weighted by Gasteiger charge is 2.27. The van der Waals surface area contributed by atoms with Gasteiger partial charge in [0.2, 0.25) is 0 Å². The molecule has 3 rings (SSSR count). The molecule has 2 atom stereocenters. The second-order valence-electron chi connectivity index (χ2n) is 5.73. The van der Waals surface area contributed by atoms with Crippen LogP contribution in [0.2, 0.25) is 0 Å². The van der Waals surface area contributed by atoms with Gasteiger partial charge in [0.25, 0.3) is 0 Å². The monoisotopic (exact) mass is 281 g/mol. The summed E-state index contributed by atoms with van der Waals surface area (Å²) in [7, 11) is 2.23. The van der Waals surface area contributed by atoms with Gasteiger partial charge in [-0.15, -0.1) is 0 Å². The molecule has 1 aliphatic heterocycles. The van der Waals surface area contributed by atoms with Crippen molar-refractivity contribution in [3.05, 3.63) is 66.0 Å². The predicted octanol–water partition coefficient (Wildman–Crippen LogP) is 2.85. The lowest BCUT2D eigenvalue weighted by Gasteiger charge is -2.37. The Balaban J connectivity index is 1.92. The van der Waals surface area contributed by atoms with Crippen LogP contribution >= 0.6 is 0 Å². The highest BCUT2D eigenvalue weighted by molar-refractivity contribution is 5.28. The predicted molar refractivity (Wildman–Crippen MR) is 86.2 cm³/mol. The molecule has 3 heteroatoms. The second kappa shape index (κ2) is 6.83. The normalized spacial score (nSPS) is 20.4. The van der Waals surface area contributed by atoms with Crippen LogP contribution in [-0.2, 0) is 0 Å². The molecule has 1 aliphatic rings. The van der Waals surface area contributed by atoms with E-state index in [1.54, 1.807) is 0 Å². The summed E-state index contributed by atoms with van der Waals surface area (Å²) in [4.78, 5) is 7.09. The van der Waals surface area contributed by atoms with Gasteiger partial charge in [0.05, 0.1) is 11.7 Å². The Morgan fingerprint density at radius 2 is 1.95 bits per heavy atom. The first kappa shape index (κ1) is 14.2. The number of piperidine rings is 1. The molecule has 2 heterocycles. The third-order valence-electron chi connectivity index (χ3n) is 4.34. The van der Waals surface area contributed by atoms with Crippen molar-refractivity contribution in [3.8, 4) is 0 Å². The molecule has 1 aromatic carbocycles. The van der Waals surface area contributed by atoms with Gasteiger partial charge in [-0.05, 0) is 44.1 Å². The second-order valence-corrected chi connectivity index (χ2v) is 5.73. The number of nitrogens with one attached hydrogen (secondary N) is 1. The van der Waals surface area contributed by atoms with Crippen LogP contribution in [0.3, 0.4) is 0 Å². The molecule has 3 nitrogen and oxygen atoms in total. The fraction of sp³-hybridized carbons (Fsp3) is 0.389. The topological polar surface area (TPSA) is 28.2 Å². The molecule has 21 heavy (non-hydrogen) atoms. The number of likely N-dealkylation sites (N-methyl/N-ethyl adjacent to an activating group) is 1. The Kier molecular flexibility index (Phi) is 4.63. The van der Waals surface area contributed by atoms with Gasteiger partial charge in [-0.1, -0.05) is 36.4 Å². The third kappa shape index (κ3) is 3.31. The average Bonchev–Trinajstić information content (AvgIpc) is 2.58. The Morgan fingerprint density at radius 1 is 1.14 bits per heavy atom. The summed E-state index contributed by atoms with van der Waals surface area (Å²) in [6, 6.07) is 17.7. The molecule has 0 radical (unpaired) electrons. The van der Waals surface area contributed by atoms with Crippen molar-refractivity contribution in [2.24, 2.45) is 0 Å². The minimum Gasteiger partial charge on any atom is -0.315 e. The molecule has 1 N–H and O–H groups in total. The van der Waals surface area contributed by atoms with Gasteiger partial charge in [0, 0.05) is 18.8 Å². The first-order valence-electron chi connectivity index (χ1n) is 7.75. The van der Waals surface area contributed by atoms with E-state index in [1.165, 1.54) is 18.4 Å². The Labute approximate surface area is 127 Å². The van der Waals surface area contributed by atoms with E-state index in [0.717, 1.165) is 18.8 Å². The summed E-state index contributed by atoms with van der Waals surface area (Å²) in [5.41, 5.74) is 2.43. The highest BCUT2D eigenvalue weighted by atomic mass is 15.2. The smallest absolute Gasteiger partial charge is 0.0776 e. The molecule has 2 aromatic rings. The summed E-state index contributed by atoms with van der Waals surface area (Å²) < 4.78 is 0. The largest absolute Gasteiger partial charge is 0.315 e. The van der Waals surface area contributed by atoms with E-state index >= 15 is 0 Å². The van der Waals surface area contributed by atoms with Crippen LogP contribution in [0.4, 0.5) is 0 Å². The van der Waals surface area contributed by atoms with Crippen molar-refractivity contribution < 1.29 is 0 Å². The zero-order valence-electron chi connectivity index (χ0n) is 12.6. The zero-order valence-corrected chi connectivity index (χ0v) is 12.6. The maximum atomic E-state index is 4.61. The SMILES string of the molecule is CN(C1CCCNC1)C(c1ccccc1)c1ccccn1. The molecule has 0 spiro atoms. The van der Waals surface area contributed by atoms with Gasteiger partial charge in [-0.2, -0.15) is 0 Å². The van der Waals surface area contributed by atoms with E-state index in [2.05, 4.69) is 64.7 Å². The molecular weight excluding hydrogens is 258 g/mol. The minimum atomic E-state index is 0.220. The molecule has 0 saturated carbocycles. The molecule has 110 valence electrons. The lowest BCUT2D eigenvalue weighted by atomic mass is 9.97. The number of aromatic nitrogens is 1. The highest BCUT2D eigenvalue weighted by Crippen LogP contribution is 2.29. The molecule has 1 fully saturated rings. The van der Waals surface area contributed by atoms with Gasteiger partial charge < -0.3 is 5.32 Å². The summed E-state index contributed by atoms with van der Waals surface area (Å²) in [6.07, 6.45) is 4.39. The summed E-state index contributed by atoms with van der Waals surface area (Å²) in [5, 5.41) is 3.51. The average molecular weight is 281 g/mol. The lowest BCUT2D eigenvalue weighted by Crippen LogP contribution is -2.46. The van der Waals surface area contributed by atoms with E-state index in [4.69, 9.17) is 0 Å². The Bertz CT molecular complexity index is 495. The third-order valence-corrected chi connectivity index (χ3v) is 4.34. The van der Waals surface area contributed by atoms with Crippen molar-refractivity contribution in [2.75, 3.05) is 20.1 Å². The molecule has 1 saturated heterocycles. The quantitative estimate of drug-likeness (QED) is 0.934. The van der Waals surface area contributed by atoms with Gasteiger partial charge >= 0.3 is 0 Å². The lowest BCUT2D eigenvalue weighted by molar-refractivity contribution is 0.165. The number of pyridine rings is 1. The van der Waals surface area contributed by atoms with E-state index in [1.807, 2.05) is 12.3 Å². The summed E-state index contributed by atoms with van der Waals surface area (Å²) in [6.45, 7) is 2.20. The van der Waals surface area contributed by atoms with Crippen LogP contribution in [-0.4, -0.2) is 36.1 Å². The Hall–Kier alpha value is -1.71. The van der Waals surface area contributed by atoms with Gasteiger partial charge in [0.1, 0.15) is 0 Å². The van der Waals surface area contributed by atoms with Gasteiger partial charge in [-0.25, -0.2) is 0 Å². The number of hydrogen-bond acceptors (Lipinski definition) is 3. The maximum absolute atomic E-state index is 4.61. The first-order valence-corrected chi connectivity index (χ1v) is 7.75. The van der Waals surface area contributed by atoms with Crippen molar-refractivity contribution in [3.63, 3.8) is 0 Å². The molecule has 0 bridgehead atoms. The standard InChI is InChI=1S/C18H23N3/c1-21(16-10-7-12-19-14-16)18(15-8-3-2-4-9-15)17-11-5-6-13-20-17/h2-6,8-9,11,13,16,18-19H,7,10,12,14H2,1H3. The van der Waals surface area contributed by atoms with Crippen LogP contribution in [0.5, 0.6) is 0 Å². The fourth-order valence-electron chi connectivity index (χ4n) is 3.18. The first-order chi connectivity index (χ1) is 10.4. The van der Waals surface area contributed by atoms with Crippen LogP contribution in [0.25, 0.3) is 0 Å². The van der Waals surface area contributed by atoms with Crippen molar-refractivity contribution >= 4 is 0 Å². The fourth-order valence-corrected chi connectivity index (χ4v) is 3.18. The van der Waals surface area contributed by atoms with Crippen molar-refractivity contribution in [1.82, 2.24) is 15.2 Å². The zero-order chi connectivity index (χ0) is 14.5. The molecular formula is C18H23N3. The van der Waals surface area contributed by atoms with Crippen LogP contribution in [0.1, 0.15) is 30.1 Å². The number of benzene rings is 1. The van der Waals surface area contributed by atoms with E-state index in [-0.39, 0.29) is 6.04 Å². The van der Waals surface area contributed by atoms with E-state index in [0.29, 0.717) is 6.04 Å². The number of rotatable bonds is 4. The van der Waals surface area contributed by atoms with Crippen LogP contribution in [0.15, 0.2) is 54.7 Å². The van der Waals surface area contributed by atoms with E-state index in [9.17, 15) is 0 Å². The van der Waals surface area contributed by atoms with Crippen LogP contribution < -0.4 is 5.32 Å².